The van der Waals surface area contributed by atoms with Crippen molar-refractivity contribution in [3.8, 4) is 17.0 Å². The molecule has 28 heavy (non-hydrogen) atoms. The van der Waals surface area contributed by atoms with E-state index in [-0.39, 0.29) is 11.9 Å². The molecule has 4 rings (SSSR count). The molecule has 0 radical (unpaired) electrons. The number of fused-ring (bicyclic) bond motifs is 1. The molecule has 0 aliphatic rings. The molecule has 0 unspecified atom stereocenters. The minimum atomic E-state index is -0.329. The van der Waals surface area contributed by atoms with E-state index in [2.05, 4.69) is 15.4 Å². The van der Waals surface area contributed by atoms with Crippen LogP contribution in [-0.2, 0) is 4.79 Å². The number of benzene rings is 2. The number of carbonyl (C=O) groups is 1. The molecular weight excluding hydrogens is 396 g/mol. The predicted molar refractivity (Wildman–Crippen MR) is 112 cm³/mol. The highest BCUT2D eigenvalue weighted by molar-refractivity contribution is 7.15. The molecule has 8 heteroatoms. The molecule has 0 bridgehead atoms. The van der Waals surface area contributed by atoms with Gasteiger partial charge in [-0.2, -0.15) is 4.98 Å². The first-order chi connectivity index (χ1) is 13.6. The van der Waals surface area contributed by atoms with Crippen molar-refractivity contribution in [3.05, 3.63) is 70.6 Å². The van der Waals surface area contributed by atoms with E-state index >= 15 is 0 Å². The third-order valence-corrected chi connectivity index (χ3v) is 5.18. The van der Waals surface area contributed by atoms with E-state index in [1.807, 2.05) is 47.8 Å². The van der Waals surface area contributed by atoms with Crippen molar-refractivity contribution < 1.29 is 9.53 Å². The van der Waals surface area contributed by atoms with Gasteiger partial charge in [-0.3, -0.25) is 10.1 Å². The zero-order valence-corrected chi connectivity index (χ0v) is 16.4. The Morgan fingerprint density at radius 1 is 1.21 bits per heavy atom. The maximum atomic E-state index is 12.2. The molecule has 6 nitrogen and oxygen atoms in total. The summed E-state index contributed by atoms with van der Waals surface area (Å²) in [6, 6.07) is 15.0. The minimum absolute atomic E-state index is 0.246. The second kappa shape index (κ2) is 7.84. The highest BCUT2D eigenvalue weighted by Crippen LogP contribution is 2.27. The Balaban J connectivity index is 1.53. The zero-order valence-electron chi connectivity index (χ0n) is 14.8. The van der Waals surface area contributed by atoms with Gasteiger partial charge in [0.15, 0.2) is 0 Å². The number of amides is 1. The SMILES string of the molecule is COc1ccc(-c2csc3nc(NC(=O)/C=C/c4ccccc4Cl)nn23)cc1. The van der Waals surface area contributed by atoms with Crippen LogP contribution in [0.5, 0.6) is 5.75 Å². The van der Waals surface area contributed by atoms with E-state index in [1.54, 1.807) is 23.8 Å². The number of aromatic nitrogens is 3. The summed E-state index contributed by atoms with van der Waals surface area (Å²) in [6.45, 7) is 0. The van der Waals surface area contributed by atoms with Gasteiger partial charge in [-0.05, 0) is 42.0 Å². The van der Waals surface area contributed by atoms with Crippen molar-refractivity contribution >= 4 is 45.8 Å². The first-order valence-electron chi connectivity index (χ1n) is 8.36. The average molecular weight is 411 g/mol. The fourth-order valence-electron chi connectivity index (χ4n) is 2.62. The fourth-order valence-corrected chi connectivity index (χ4v) is 3.65. The van der Waals surface area contributed by atoms with Crippen molar-refractivity contribution in [3.63, 3.8) is 0 Å². The van der Waals surface area contributed by atoms with Crippen molar-refractivity contribution in [1.82, 2.24) is 14.6 Å². The van der Waals surface area contributed by atoms with E-state index < -0.39 is 0 Å². The number of nitrogens with zero attached hydrogens (tertiary/aromatic N) is 3. The van der Waals surface area contributed by atoms with Crippen LogP contribution in [0.4, 0.5) is 5.95 Å². The molecule has 0 atom stereocenters. The third-order valence-electron chi connectivity index (χ3n) is 4.02. The van der Waals surface area contributed by atoms with Gasteiger partial charge in [0.05, 0.1) is 12.8 Å². The van der Waals surface area contributed by atoms with Gasteiger partial charge in [0.25, 0.3) is 11.9 Å². The van der Waals surface area contributed by atoms with E-state index in [0.717, 1.165) is 22.6 Å². The number of thiazole rings is 1. The number of carbonyl (C=O) groups excluding carboxylic acids is 1. The monoisotopic (exact) mass is 410 g/mol. The number of anilines is 1. The van der Waals surface area contributed by atoms with Gasteiger partial charge in [0.2, 0.25) is 4.96 Å². The van der Waals surface area contributed by atoms with Crippen LogP contribution in [0.3, 0.4) is 0 Å². The summed E-state index contributed by atoms with van der Waals surface area (Å²) in [5, 5.41) is 9.63. The van der Waals surface area contributed by atoms with Gasteiger partial charge in [0.1, 0.15) is 5.75 Å². The first kappa shape index (κ1) is 18.2. The van der Waals surface area contributed by atoms with E-state index in [0.29, 0.717) is 9.98 Å². The van der Waals surface area contributed by atoms with Crippen LogP contribution in [0.15, 0.2) is 60.0 Å². The molecule has 0 saturated heterocycles. The van der Waals surface area contributed by atoms with Crippen LogP contribution in [0, 0.1) is 0 Å². The van der Waals surface area contributed by atoms with Crippen molar-refractivity contribution in [1.29, 1.82) is 0 Å². The van der Waals surface area contributed by atoms with Gasteiger partial charge >= 0.3 is 0 Å². The second-order valence-corrected chi connectivity index (χ2v) is 7.07. The summed E-state index contributed by atoms with van der Waals surface area (Å²) in [5.74, 6) is 0.701. The number of ether oxygens (including phenoxy) is 1. The van der Waals surface area contributed by atoms with Gasteiger partial charge in [-0.15, -0.1) is 16.4 Å². The molecule has 0 fully saturated rings. The highest BCUT2D eigenvalue weighted by Gasteiger charge is 2.12. The molecule has 4 aromatic rings. The fraction of sp³-hybridized carbons (Fsp3) is 0.0500. The maximum Gasteiger partial charge on any atom is 0.250 e. The molecule has 0 aliphatic heterocycles. The standard InChI is InChI=1S/C20H15ClN4O2S/c1-27-15-9-6-14(7-10-15)17-12-28-20-23-19(24-25(17)20)22-18(26)11-8-13-4-2-3-5-16(13)21/h2-12H,1H3,(H,22,24,26)/b11-8+. The Morgan fingerprint density at radius 3 is 2.75 bits per heavy atom. The van der Waals surface area contributed by atoms with Crippen molar-refractivity contribution in [2.45, 2.75) is 0 Å². The van der Waals surface area contributed by atoms with E-state index in [9.17, 15) is 4.79 Å². The number of hydrogen-bond acceptors (Lipinski definition) is 5. The second-order valence-electron chi connectivity index (χ2n) is 5.82. The van der Waals surface area contributed by atoms with E-state index in [1.165, 1.54) is 17.4 Å². The number of hydrogen-bond donors (Lipinski definition) is 1. The summed E-state index contributed by atoms with van der Waals surface area (Å²) >= 11 is 7.53. The van der Waals surface area contributed by atoms with E-state index in [4.69, 9.17) is 16.3 Å². The molecule has 2 heterocycles. The van der Waals surface area contributed by atoms with Crippen LogP contribution < -0.4 is 10.1 Å². The molecular formula is C20H15ClN4O2S. The molecule has 2 aromatic heterocycles. The lowest BCUT2D eigenvalue weighted by Crippen LogP contribution is -2.09. The lowest BCUT2D eigenvalue weighted by Gasteiger charge is -2.02. The Labute approximate surface area is 170 Å². The molecule has 0 saturated carbocycles. The van der Waals surface area contributed by atoms with Gasteiger partial charge in [-0.1, -0.05) is 29.8 Å². The summed E-state index contributed by atoms with van der Waals surface area (Å²) in [4.78, 5) is 17.2. The van der Waals surface area contributed by atoms with Crippen LogP contribution in [0.25, 0.3) is 22.3 Å². The van der Waals surface area contributed by atoms with Crippen molar-refractivity contribution in [2.24, 2.45) is 0 Å². The molecule has 140 valence electrons. The first-order valence-corrected chi connectivity index (χ1v) is 9.62. The summed E-state index contributed by atoms with van der Waals surface area (Å²) < 4.78 is 6.90. The van der Waals surface area contributed by atoms with Crippen LogP contribution in [0.1, 0.15) is 5.56 Å². The maximum absolute atomic E-state index is 12.2. The van der Waals surface area contributed by atoms with Crippen LogP contribution in [0.2, 0.25) is 5.02 Å². The predicted octanol–water partition coefficient (Wildman–Crippen LogP) is 4.77. The van der Waals surface area contributed by atoms with Crippen LogP contribution in [-0.4, -0.2) is 27.6 Å². The Kier molecular flexibility index (Phi) is 5.10. The molecule has 1 amide bonds. The third kappa shape index (κ3) is 3.76. The summed E-state index contributed by atoms with van der Waals surface area (Å²) in [7, 11) is 1.63. The molecule has 0 aliphatic carbocycles. The molecule has 2 aromatic carbocycles. The Bertz CT molecular complexity index is 1160. The number of halogens is 1. The molecule has 1 N–H and O–H groups in total. The largest absolute Gasteiger partial charge is 0.497 e. The highest BCUT2D eigenvalue weighted by atomic mass is 35.5. The van der Waals surface area contributed by atoms with Crippen LogP contribution >= 0.6 is 22.9 Å². The summed E-state index contributed by atoms with van der Waals surface area (Å²) in [5.41, 5.74) is 2.63. The number of nitrogens with one attached hydrogen (secondary N) is 1. The number of methoxy groups -OCH3 is 1. The van der Waals surface area contributed by atoms with Gasteiger partial charge in [-0.25, -0.2) is 4.52 Å². The minimum Gasteiger partial charge on any atom is -0.497 e. The number of rotatable bonds is 5. The zero-order chi connectivity index (χ0) is 19.5. The quantitative estimate of drug-likeness (QED) is 0.481. The lowest BCUT2D eigenvalue weighted by molar-refractivity contribution is -0.111. The Morgan fingerprint density at radius 2 is 2.00 bits per heavy atom. The van der Waals surface area contributed by atoms with Gasteiger partial charge < -0.3 is 4.74 Å². The van der Waals surface area contributed by atoms with Crippen molar-refractivity contribution in [2.75, 3.05) is 12.4 Å². The smallest absolute Gasteiger partial charge is 0.250 e. The van der Waals surface area contributed by atoms with Gasteiger partial charge in [0, 0.05) is 22.0 Å². The lowest BCUT2D eigenvalue weighted by atomic mass is 10.2. The molecule has 0 spiro atoms. The summed E-state index contributed by atoms with van der Waals surface area (Å²) in [6.07, 6.45) is 3.06. The topological polar surface area (TPSA) is 68.5 Å². The normalized spacial score (nSPS) is 11.2. The average Bonchev–Trinajstić information content (AvgIpc) is 3.27. The Hall–Kier alpha value is -3.16.